The third-order valence-electron chi connectivity index (χ3n) is 1.76. The molecule has 0 aromatic carbocycles. The molecular formula is C8H10N2O4S. The highest BCUT2D eigenvalue weighted by atomic mass is 32.2. The second-order valence-electron chi connectivity index (χ2n) is 2.87. The number of primary sulfonamides is 1. The summed E-state index contributed by atoms with van der Waals surface area (Å²) in [6, 6.07) is 1.27. The van der Waals surface area contributed by atoms with E-state index >= 15 is 0 Å². The van der Waals surface area contributed by atoms with Crippen LogP contribution in [0.1, 0.15) is 16.1 Å². The molecule has 0 saturated heterocycles. The first-order valence-electron chi connectivity index (χ1n) is 3.94. The number of ether oxygens (including phenoxy) is 1. The lowest BCUT2D eigenvalue weighted by Crippen LogP contribution is -2.14. The summed E-state index contributed by atoms with van der Waals surface area (Å²) in [7, 11) is -2.57. The molecule has 0 saturated carbocycles. The molecule has 1 heterocycles. The Hall–Kier alpha value is -1.47. The minimum atomic E-state index is -3.79. The van der Waals surface area contributed by atoms with Crippen molar-refractivity contribution >= 4 is 16.0 Å². The van der Waals surface area contributed by atoms with Gasteiger partial charge < -0.3 is 4.74 Å². The molecule has 0 fully saturated rings. The highest BCUT2D eigenvalue weighted by molar-refractivity contribution is 7.89. The van der Waals surface area contributed by atoms with E-state index in [0.717, 1.165) is 6.20 Å². The average molecular weight is 230 g/mol. The number of nitrogens with two attached hydrogens (primary N) is 1. The van der Waals surface area contributed by atoms with Crippen LogP contribution < -0.4 is 5.14 Å². The number of rotatable bonds is 2. The van der Waals surface area contributed by atoms with Gasteiger partial charge in [-0.3, -0.25) is 0 Å². The van der Waals surface area contributed by atoms with Crippen LogP contribution >= 0.6 is 0 Å². The third-order valence-corrected chi connectivity index (χ3v) is 2.64. The number of carbonyl (C=O) groups excluding carboxylic acids is 1. The van der Waals surface area contributed by atoms with Crippen molar-refractivity contribution in [2.45, 2.75) is 11.8 Å². The highest BCUT2D eigenvalue weighted by Crippen LogP contribution is 2.11. The molecule has 15 heavy (non-hydrogen) atoms. The van der Waals surface area contributed by atoms with Gasteiger partial charge in [0.1, 0.15) is 4.90 Å². The lowest BCUT2D eigenvalue weighted by Gasteiger charge is -2.04. The fourth-order valence-corrected chi connectivity index (χ4v) is 1.56. The van der Waals surface area contributed by atoms with Gasteiger partial charge in [0.25, 0.3) is 0 Å². The maximum absolute atomic E-state index is 11.1. The van der Waals surface area contributed by atoms with Crippen molar-refractivity contribution in [1.82, 2.24) is 4.98 Å². The minimum Gasteiger partial charge on any atom is -0.464 e. The number of aryl methyl sites for hydroxylation is 1. The van der Waals surface area contributed by atoms with Crippen LogP contribution in [-0.2, 0) is 14.8 Å². The Balaban J connectivity index is 3.27. The number of hydrogen-bond donors (Lipinski definition) is 1. The van der Waals surface area contributed by atoms with Crippen molar-refractivity contribution in [2.75, 3.05) is 7.11 Å². The van der Waals surface area contributed by atoms with E-state index < -0.39 is 16.0 Å². The monoisotopic (exact) mass is 230 g/mol. The largest absolute Gasteiger partial charge is 0.464 e. The lowest BCUT2D eigenvalue weighted by atomic mass is 10.2. The summed E-state index contributed by atoms with van der Waals surface area (Å²) in [6.45, 7) is 1.55. The predicted octanol–water partition coefficient (Wildman–Crippen LogP) is -0.176. The van der Waals surface area contributed by atoms with Crippen LogP contribution in [0.5, 0.6) is 0 Å². The normalized spacial score (nSPS) is 11.1. The highest BCUT2D eigenvalue weighted by Gasteiger charge is 2.15. The van der Waals surface area contributed by atoms with E-state index in [9.17, 15) is 13.2 Å². The van der Waals surface area contributed by atoms with E-state index in [4.69, 9.17) is 5.14 Å². The molecule has 0 aliphatic carbocycles. The standard InChI is InChI=1S/C8H10N2O4S/c1-5-3-6(15(9,12)13)4-10-7(5)8(11)14-2/h3-4H,1-2H3,(H2,9,12,13). The van der Waals surface area contributed by atoms with Crippen molar-refractivity contribution in [1.29, 1.82) is 0 Å². The Kier molecular flexibility index (Phi) is 3.06. The number of carbonyl (C=O) groups is 1. The predicted molar refractivity (Wildman–Crippen MR) is 51.7 cm³/mol. The maximum atomic E-state index is 11.1. The number of sulfonamides is 1. The number of nitrogens with zero attached hydrogens (tertiary/aromatic N) is 1. The van der Waals surface area contributed by atoms with Crippen molar-refractivity contribution < 1.29 is 17.9 Å². The Labute approximate surface area is 87.1 Å². The summed E-state index contributed by atoms with van der Waals surface area (Å²) in [5.41, 5.74) is 0.471. The minimum absolute atomic E-state index is 0.0740. The van der Waals surface area contributed by atoms with Gasteiger partial charge in [0.15, 0.2) is 5.69 Å². The first kappa shape index (κ1) is 11.6. The molecule has 82 valence electrons. The topological polar surface area (TPSA) is 99.3 Å². The molecule has 2 N–H and O–H groups in total. The fourth-order valence-electron chi connectivity index (χ4n) is 1.01. The van der Waals surface area contributed by atoms with Crippen molar-refractivity contribution in [2.24, 2.45) is 5.14 Å². The Morgan fingerprint density at radius 3 is 2.53 bits per heavy atom. The van der Waals surface area contributed by atoms with Gasteiger partial charge in [0, 0.05) is 6.20 Å². The summed E-state index contributed by atoms with van der Waals surface area (Å²) in [6.07, 6.45) is 1.02. The number of aromatic nitrogens is 1. The zero-order valence-electron chi connectivity index (χ0n) is 8.22. The summed E-state index contributed by atoms with van der Waals surface area (Å²) >= 11 is 0. The molecule has 1 aromatic heterocycles. The lowest BCUT2D eigenvalue weighted by molar-refractivity contribution is 0.0593. The maximum Gasteiger partial charge on any atom is 0.356 e. The van der Waals surface area contributed by atoms with E-state index in [1.807, 2.05) is 0 Å². The van der Waals surface area contributed by atoms with Crippen molar-refractivity contribution in [3.63, 3.8) is 0 Å². The zero-order chi connectivity index (χ0) is 11.6. The van der Waals surface area contributed by atoms with Crippen LogP contribution in [0.15, 0.2) is 17.2 Å². The molecule has 0 bridgehead atoms. The fraction of sp³-hybridized carbons (Fsp3) is 0.250. The molecule has 0 spiro atoms. The summed E-state index contributed by atoms with van der Waals surface area (Å²) < 4.78 is 26.4. The summed E-state index contributed by atoms with van der Waals surface area (Å²) in [5, 5.41) is 4.90. The van der Waals surface area contributed by atoms with Gasteiger partial charge in [-0.05, 0) is 18.6 Å². The third kappa shape index (κ3) is 2.51. The van der Waals surface area contributed by atoms with Crippen LogP contribution in [0.2, 0.25) is 0 Å². The van der Waals surface area contributed by atoms with Gasteiger partial charge >= 0.3 is 5.97 Å². The smallest absolute Gasteiger partial charge is 0.356 e. The zero-order valence-corrected chi connectivity index (χ0v) is 9.04. The molecule has 1 aromatic rings. The van der Waals surface area contributed by atoms with Crippen molar-refractivity contribution in [3.05, 3.63) is 23.5 Å². The van der Waals surface area contributed by atoms with Gasteiger partial charge in [0.2, 0.25) is 10.0 Å². The summed E-state index contributed by atoms with van der Waals surface area (Å²) in [5.74, 6) is -0.617. The van der Waals surface area contributed by atoms with Gasteiger partial charge in [0.05, 0.1) is 7.11 Å². The molecule has 1 rings (SSSR count). The van der Waals surface area contributed by atoms with Crippen LogP contribution in [0.3, 0.4) is 0 Å². The number of methoxy groups -OCH3 is 1. The van der Waals surface area contributed by atoms with Gasteiger partial charge in [-0.1, -0.05) is 0 Å². The van der Waals surface area contributed by atoms with E-state index in [0.29, 0.717) is 5.56 Å². The molecule has 0 aliphatic rings. The molecule has 6 nitrogen and oxygen atoms in total. The first-order valence-corrected chi connectivity index (χ1v) is 5.48. The van der Waals surface area contributed by atoms with Crippen LogP contribution in [0.4, 0.5) is 0 Å². The molecule has 7 heteroatoms. The Morgan fingerprint density at radius 1 is 1.53 bits per heavy atom. The van der Waals surface area contributed by atoms with E-state index in [1.165, 1.54) is 13.2 Å². The number of esters is 1. The molecule has 0 aliphatic heterocycles. The van der Waals surface area contributed by atoms with Crippen LogP contribution in [-0.4, -0.2) is 26.5 Å². The quantitative estimate of drug-likeness (QED) is 0.711. The van der Waals surface area contributed by atoms with Crippen LogP contribution in [0.25, 0.3) is 0 Å². The Bertz CT molecular complexity index is 495. The Morgan fingerprint density at radius 2 is 2.13 bits per heavy atom. The van der Waals surface area contributed by atoms with Crippen LogP contribution in [0, 0.1) is 6.92 Å². The SMILES string of the molecule is COC(=O)c1ncc(S(N)(=O)=O)cc1C. The van der Waals surface area contributed by atoms with Crippen molar-refractivity contribution in [3.8, 4) is 0 Å². The van der Waals surface area contributed by atoms with E-state index in [1.54, 1.807) is 6.92 Å². The second kappa shape index (κ2) is 3.95. The number of pyridine rings is 1. The average Bonchev–Trinajstić information content (AvgIpc) is 2.15. The van der Waals surface area contributed by atoms with Gasteiger partial charge in [-0.25, -0.2) is 23.3 Å². The molecular weight excluding hydrogens is 220 g/mol. The van der Waals surface area contributed by atoms with Gasteiger partial charge in [-0.15, -0.1) is 0 Å². The molecule has 0 atom stereocenters. The summed E-state index contributed by atoms with van der Waals surface area (Å²) in [4.78, 5) is 14.7. The van der Waals surface area contributed by atoms with E-state index in [2.05, 4.69) is 9.72 Å². The second-order valence-corrected chi connectivity index (χ2v) is 4.43. The molecule has 0 radical (unpaired) electrons. The molecule has 0 amide bonds. The first-order chi connectivity index (χ1) is 6.86. The number of hydrogen-bond acceptors (Lipinski definition) is 5. The van der Waals surface area contributed by atoms with Gasteiger partial charge in [-0.2, -0.15) is 0 Å². The van der Waals surface area contributed by atoms with E-state index in [-0.39, 0.29) is 10.6 Å². The molecule has 0 unspecified atom stereocenters.